The summed E-state index contributed by atoms with van der Waals surface area (Å²) in [6.07, 6.45) is 2.43. The van der Waals surface area contributed by atoms with Crippen molar-refractivity contribution in [1.29, 1.82) is 0 Å². The van der Waals surface area contributed by atoms with Crippen molar-refractivity contribution >= 4 is 16.3 Å². The van der Waals surface area contributed by atoms with Gasteiger partial charge in [0.1, 0.15) is 5.00 Å². The molecule has 1 aliphatic rings. The standard InChI is InChI=1S/C8H12N2S/c1-6-9-7-4-3-5-10(2)8(7)11-6/h3-5H2,1-2H3. The summed E-state index contributed by atoms with van der Waals surface area (Å²) in [5.74, 6) is 0. The third-order valence-corrected chi connectivity index (χ3v) is 3.16. The van der Waals surface area contributed by atoms with Gasteiger partial charge in [0.25, 0.3) is 0 Å². The zero-order valence-corrected chi connectivity index (χ0v) is 7.74. The molecule has 1 aromatic heterocycles. The van der Waals surface area contributed by atoms with Crippen molar-refractivity contribution in [2.75, 3.05) is 18.5 Å². The van der Waals surface area contributed by atoms with E-state index in [9.17, 15) is 0 Å². The lowest BCUT2D eigenvalue weighted by Gasteiger charge is -2.22. The monoisotopic (exact) mass is 168 g/mol. The Morgan fingerprint density at radius 2 is 2.36 bits per heavy atom. The first-order valence-electron chi connectivity index (χ1n) is 3.95. The van der Waals surface area contributed by atoms with Crippen LogP contribution < -0.4 is 4.90 Å². The van der Waals surface area contributed by atoms with E-state index in [1.165, 1.54) is 35.1 Å². The largest absolute Gasteiger partial charge is 0.365 e. The fourth-order valence-electron chi connectivity index (χ4n) is 1.51. The van der Waals surface area contributed by atoms with Crippen LogP contribution in [0.3, 0.4) is 0 Å². The maximum Gasteiger partial charge on any atom is 0.114 e. The smallest absolute Gasteiger partial charge is 0.114 e. The maximum absolute atomic E-state index is 4.48. The number of anilines is 1. The molecule has 0 atom stereocenters. The second-order valence-corrected chi connectivity index (χ2v) is 4.19. The summed E-state index contributed by atoms with van der Waals surface area (Å²) in [6, 6.07) is 0. The van der Waals surface area contributed by atoms with Gasteiger partial charge < -0.3 is 4.90 Å². The molecule has 2 heterocycles. The summed E-state index contributed by atoms with van der Waals surface area (Å²) in [7, 11) is 2.15. The Balaban J connectivity index is 2.43. The molecule has 0 amide bonds. The van der Waals surface area contributed by atoms with Crippen LogP contribution in [0.1, 0.15) is 17.1 Å². The first kappa shape index (κ1) is 7.10. The molecule has 60 valence electrons. The van der Waals surface area contributed by atoms with Gasteiger partial charge in [-0.15, -0.1) is 11.3 Å². The van der Waals surface area contributed by atoms with Crippen LogP contribution >= 0.6 is 11.3 Å². The van der Waals surface area contributed by atoms with E-state index in [1.54, 1.807) is 0 Å². The lowest BCUT2D eigenvalue weighted by Crippen LogP contribution is -2.23. The first-order valence-corrected chi connectivity index (χ1v) is 4.76. The highest BCUT2D eigenvalue weighted by Crippen LogP contribution is 2.31. The molecule has 0 saturated carbocycles. The topological polar surface area (TPSA) is 16.1 Å². The summed E-state index contributed by atoms with van der Waals surface area (Å²) in [5.41, 5.74) is 1.31. The molecule has 2 nitrogen and oxygen atoms in total. The SMILES string of the molecule is Cc1nc2c(s1)N(C)CCC2. The molecule has 0 saturated heterocycles. The Morgan fingerprint density at radius 3 is 3.09 bits per heavy atom. The number of thiazole rings is 1. The Bertz CT molecular complexity index is 267. The van der Waals surface area contributed by atoms with Crippen molar-refractivity contribution in [2.24, 2.45) is 0 Å². The third-order valence-electron chi connectivity index (χ3n) is 2.04. The van der Waals surface area contributed by atoms with Crippen molar-refractivity contribution in [1.82, 2.24) is 4.98 Å². The van der Waals surface area contributed by atoms with Crippen molar-refractivity contribution in [2.45, 2.75) is 19.8 Å². The normalized spacial score (nSPS) is 16.7. The highest BCUT2D eigenvalue weighted by molar-refractivity contribution is 7.15. The van der Waals surface area contributed by atoms with E-state index in [2.05, 4.69) is 23.9 Å². The van der Waals surface area contributed by atoms with E-state index in [4.69, 9.17) is 0 Å². The summed E-state index contributed by atoms with van der Waals surface area (Å²) in [6.45, 7) is 3.27. The van der Waals surface area contributed by atoms with E-state index in [0.717, 1.165) is 0 Å². The van der Waals surface area contributed by atoms with Crippen molar-refractivity contribution in [3.05, 3.63) is 10.7 Å². The number of rotatable bonds is 0. The van der Waals surface area contributed by atoms with Crippen molar-refractivity contribution in [3.8, 4) is 0 Å². The molecule has 0 bridgehead atoms. The van der Waals surface area contributed by atoms with Gasteiger partial charge in [0.05, 0.1) is 10.7 Å². The molecule has 0 aromatic carbocycles. The molecule has 0 fully saturated rings. The fourth-order valence-corrected chi connectivity index (χ4v) is 2.45. The van der Waals surface area contributed by atoms with Crippen molar-refractivity contribution in [3.63, 3.8) is 0 Å². The lowest BCUT2D eigenvalue weighted by atomic mass is 10.2. The number of nitrogens with zero attached hydrogens (tertiary/aromatic N) is 2. The van der Waals surface area contributed by atoms with Crippen LogP contribution in [0.25, 0.3) is 0 Å². The number of aryl methyl sites for hydroxylation is 2. The summed E-state index contributed by atoms with van der Waals surface area (Å²) in [5, 5.41) is 2.58. The Labute approximate surface area is 70.9 Å². The molecule has 0 N–H and O–H groups in total. The first-order chi connectivity index (χ1) is 5.27. The van der Waals surface area contributed by atoms with Crippen LogP contribution in [0.4, 0.5) is 5.00 Å². The summed E-state index contributed by atoms with van der Waals surface area (Å²) in [4.78, 5) is 6.79. The van der Waals surface area contributed by atoms with Crippen LogP contribution in [0, 0.1) is 6.92 Å². The summed E-state index contributed by atoms with van der Waals surface area (Å²) < 4.78 is 0. The molecular weight excluding hydrogens is 156 g/mol. The second-order valence-electron chi connectivity index (χ2n) is 3.01. The number of hydrogen-bond acceptors (Lipinski definition) is 3. The van der Waals surface area contributed by atoms with Gasteiger partial charge in [-0.25, -0.2) is 4.98 Å². The minimum Gasteiger partial charge on any atom is -0.365 e. The van der Waals surface area contributed by atoms with Gasteiger partial charge in [0.2, 0.25) is 0 Å². The van der Waals surface area contributed by atoms with Gasteiger partial charge in [-0.1, -0.05) is 0 Å². The minimum atomic E-state index is 1.17. The summed E-state index contributed by atoms with van der Waals surface area (Å²) >= 11 is 1.81. The minimum absolute atomic E-state index is 1.17. The lowest BCUT2D eigenvalue weighted by molar-refractivity contribution is 0.736. The van der Waals surface area contributed by atoms with Gasteiger partial charge in [-0.2, -0.15) is 0 Å². The zero-order valence-electron chi connectivity index (χ0n) is 6.92. The molecular formula is C8H12N2S. The van der Waals surface area contributed by atoms with Crippen molar-refractivity contribution < 1.29 is 0 Å². The van der Waals surface area contributed by atoms with Crippen LogP contribution in [-0.2, 0) is 6.42 Å². The van der Waals surface area contributed by atoms with Gasteiger partial charge in [0, 0.05) is 13.6 Å². The van der Waals surface area contributed by atoms with E-state index in [-0.39, 0.29) is 0 Å². The van der Waals surface area contributed by atoms with E-state index in [0.29, 0.717) is 0 Å². The predicted octanol–water partition coefficient (Wildman–Crippen LogP) is 1.83. The third kappa shape index (κ3) is 1.13. The van der Waals surface area contributed by atoms with Gasteiger partial charge in [0.15, 0.2) is 0 Å². The van der Waals surface area contributed by atoms with E-state index >= 15 is 0 Å². The second kappa shape index (κ2) is 2.48. The predicted molar refractivity (Wildman–Crippen MR) is 48.4 cm³/mol. The Morgan fingerprint density at radius 1 is 1.55 bits per heavy atom. The zero-order chi connectivity index (χ0) is 7.84. The number of aromatic nitrogens is 1. The van der Waals surface area contributed by atoms with Crippen LogP contribution in [0.5, 0.6) is 0 Å². The molecule has 3 heteroatoms. The molecule has 0 spiro atoms. The number of fused-ring (bicyclic) bond motifs is 1. The Hall–Kier alpha value is -0.570. The van der Waals surface area contributed by atoms with Gasteiger partial charge in [-0.3, -0.25) is 0 Å². The van der Waals surface area contributed by atoms with Gasteiger partial charge >= 0.3 is 0 Å². The molecule has 1 aliphatic heterocycles. The Kier molecular flexibility index (Phi) is 1.60. The quantitative estimate of drug-likeness (QED) is 0.587. The van der Waals surface area contributed by atoms with Crippen LogP contribution in [0.2, 0.25) is 0 Å². The maximum atomic E-state index is 4.48. The van der Waals surface area contributed by atoms with Crippen LogP contribution in [0.15, 0.2) is 0 Å². The molecule has 11 heavy (non-hydrogen) atoms. The average Bonchev–Trinajstić information content (AvgIpc) is 2.31. The average molecular weight is 168 g/mol. The molecule has 1 aromatic rings. The molecule has 0 radical (unpaired) electrons. The molecule has 2 rings (SSSR count). The number of hydrogen-bond donors (Lipinski definition) is 0. The van der Waals surface area contributed by atoms with Gasteiger partial charge in [-0.05, 0) is 19.8 Å². The highest BCUT2D eigenvalue weighted by Gasteiger charge is 2.16. The van der Waals surface area contributed by atoms with E-state index in [1.807, 2.05) is 11.3 Å². The molecule has 0 unspecified atom stereocenters. The molecule has 0 aliphatic carbocycles. The highest BCUT2D eigenvalue weighted by atomic mass is 32.1. The van der Waals surface area contributed by atoms with E-state index < -0.39 is 0 Å². The fraction of sp³-hybridized carbons (Fsp3) is 0.625. The van der Waals surface area contributed by atoms with Crippen LogP contribution in [-0.4, -0.2) is 18.6 Å².